The zero-order chi connectivity index (χ0) is 11.4. The number of aryl methyl sites for hydroxylation is 1. The van der Waals surface area contributed by atoms with Crippen molar-refractivity contribution in [2.45, 2.75) is 38.0 Å². The first kappa shape index (κ1) is 12.0. The molecule has 2 atom stereocenters. The molecular weight excluding hydrogens is 214 g/mol. The molecule has 1 aromatic rings. The summed E-state index contributed by atoms with van der Waals surface area (Å²) in [5.74, 6) is 1.32. The van der Waals surface area contributed by atoms with Crippen LogP contribution in [0.1, 0.15) is 24.5 Å². The zero-order valence-electron chi connectivity index (χ0n) is 10.2. The molecule has 1 heterocycles. The molecule has 88 valence electrons. The van der Waals surface area contributed by atoms with E-state index in [2.05, 4.69) is 55.2 Å². The van der Waals surface area contributed by atoms with Crippen molar-refractivity contribution in [3.8, 4) is 0 Å². The molecule has 0 spiro atoms. The molecule has 2 unspecified atom stereocenters. The maximum Gasteiger partial charge on any atom is 0.0191 e. The average molecular weight is 235 g/mol. The van der Waals surface area contributed by atoms with Gasteiger partial charge in [0.2, 0.25) is 0 Å². The summed E-state index contributed by atoms with van der Waals surface area (Å²) in [6.45, 7) is 5.65. The third-order valence-corrected chi connectivity index (χ3v) is 4.76. The van der Waals surface area contributed by atoms with Gasteiger partial charge in [-0.3, -0.25) is 0 Å². The van der Waals surface area contributed by atoms with Crippen LogP contribution < -0.4 is 5.32 Å². The molecule has 0 aliphatic carbocycles. The Labute approximate surface area is 103 Å². The van der Waals surface area contributed by atoms with Gasteiger partial charge in [0.15, 0.2) is 0 Å². The van der Waals surface area contributed by atoms with Gasteiger partial charge in [0, 0.05) is 11.3 Å². The number of rotatable bonds is 4. The fourth-order valence-electron chi connectivity index (χ4n) is 2.28. The van der Waals surface area contributed by atoms with E-state index in [0.29, 0.717) is 0 Å². The van der Waals surface area contributed by atoms with E-state index in [-0.39, 0.29) is 0 Å². The first-order chi connectivity index (χ1) is 7.77. The minimum absolute atomic E-state index is 0.731. The Balaban J connectivity index is 1.78. The van der Waals surface area contributed by atoms with Crippen molar-refractivity contribution >= 4 is 11.8 Å². The standard InChI is InChI=1S/C14H21NS/c1-11-5-3-4-6-13(11)7-9-15-14-8-10-16-12(14)2/h3-6,12,14-15H,7-10H2,1-2H3. The average Bonchev–Trinajstić information content (AvgIpc) is 2.67. The Morgan fingerprint density at radius 1 is 1.38 bits per heavy atom. The van der Waals surface area contributed by atoms with Gasteiger partial charge in [0.05, 0.1) is 0 Å². The van der Waals surface area contributed by atoms with Crippen LogP contribution in [0.3, 0.4) is 0 Å². The molecule has 1 nitrogen and oxygen atoms in total. The highest BCUT2D eigenvalue weighted by molar-refractivity contribution is 8.00. The summed E-state index contributed by atoms with van der Waals surface area (Å²) in [7, 11) is 0. The summed E-state index contributed by atoms with van der Waals surface area (Å²) in [5, 5.41) is 4.47. The Kier molecular flexibility index (Phi) is 4.30. The minimum Gasteiger partial charge on any atom is -0.313 e. The molecule has 1 aliphatic heterocycles. The first-order valence-electron chi connectivity index (χ1n) is 6.17. The molecule has 1 N–H and O–H groups in total. The van der Waals surface area contributed by atoms with Crippen molar-refractivity contribution < 1.29 is 0 Å². The Morgan fingerprint density at radius 2 is 2.19 bits per heavy atom. The highest BCUT2D eigenvalue weighted by Gasteiger charge is 2.22. The van der Waals surface area contributed by atoms with Crippen LogP contribution in [-0.4, -0.2) is 23.6 Å². The summed E-state index contributed by atoms with van der Waals surface area (Å²) in [6.07, 6.45) is 2.49. The molecule has 2 heteroatoms. The summed E-state index contributed by atoms with van der Waals surface area (Å²) in [4.78, 5) is 0. The molecule has 0 bridgehead atoms. The quantitative estimate of drug-likeness (QED) is 0.861. The summed E-state index contributed by atoms with van der Waals surface area (Å²) < 4.78 is 0. The van der Waals surface area contributed by atoms with Crippen molar-refractivity contribution in [1.82, 2.24) is 5.32 Å². The smallest absolute Gasteiger partial charge is 0.0191 e. The number of thioether (sulfide) groups is 1. The second-order valence-corrected chi connectivity index (χ2v) is 6.09. The van der Waals surface area contributed by atoms with Gasteiger partial charge in [-0.05, 0) is 43.2 Å². The molecule has 0 amide bonds. The Morgan fingerprint density at radius 3 is 2.88 bits per heavy atom. The SMILES string of the molecule is Cc1ccccc1CCNC1CCSC1C. The summed E-state index contributed by atoms with van der Waals surface area (Å²) in [6, 6.07) is 9.42. The number of hydrogen-bond acceptors (Lipinski definition) is 2. The third kappa shape index (κ3) is 3.02. The van der Waals surface area contributed by atoms with Crippen LogP contribution in [0, 0.1) is 6.92 Å². The minimum atomic E-state index is 0.731. The normalized spacial score (nSPS) is 24.9. The fourth-order valence-corrected chi connectivity index (χ4v) is 3.51. The summed E-state index contributed by atoms with van der Waals surface area (Å²) in [5.41, 5.74) is 2.89. The van der Waals surface area contributed by atoms with E-state index in [9.17, 15) is 0 Å². The third-order valence-electron chi connectivity index (χ3n) is 3.44. The van der Waals surface area contributed by atoms with Gasteiger partial charge in [-0.1, -0.05) is 31.2 Å². The van der Waals surface area contributed by atoms with E-state index >= 15 is 0 Å². The van der Waals surface area contributed by atoms with E-state index in [0.717, 1.165) is 24.3 Å². The molecule has 0 radical (unpaired) electrons. The zero-order valence-corrected chi connectivity index (χ0v) is 11.0. The molecule has 2 rings (SSSR count). The Bertz CT molecular complexity index is 337. The van der Waals surface area contributed by atoms with Gasteiger partial charge < -0.3 is 5.32 Å². The van der Waals surface area contributed by atoms with Crippen LogP contribution in [-0.2, 0) is 6.42 Å². The number of hydrogen-bond donors (Lipinski definition) is 1. The molecule has 0 saturated carbocycles. The van der Waals surface area contributed by atoms with Crippen molar-refractivity contribution in [1.29, 1.82) is 0 Å². The van der Waals surface area contributed by atoms with Crippen molar-refractivity contribution in [2.24, 2.45) is 0 Å². The van der Waals surface area contributed by atoms with Gasteiger partial charge in [-0.2, -0.15) is 11.8 Å². The molecular formula is C14H21NS. The van der Waals surface area contributed by atoms with Crippen molar-refractivity contribution in [3.05, 3.63) is 35.4 Å². The van der Waals surface area contributed by atoms with Gasteiger partial charge >= 0.3 is 0 Å². The predicted molar refractivity (Wildman–Crippen MR) is 73.2 cm³/mol. The monoisotopic (exact) mass is 235 g/mol. The lowest BCUT2D eigenvalue weighted by atomic mass is 10.1. The highest BCUT2D eigenvalue weighted by Crippen LogP contribution is 2.25. The molecule has 16 heavy (non-hydrogen) atoms. The molecule has 1 aromatic carbocycles. The second-order valence-electron chi connectivity index (χ2n) is 4.60. The van der Waals surface area contributed by atoms with Crippen LogP contribution in [0.2, 0.25) is 0 Å². The molecule has 1 aliphatic rings. The lowest BCUT2D eigenvalue weighted by molar-refractivity contribution is 0.516. The van der Waals surface area contributed by atoms with Crippen LogP contribution in [0.5, 0.6) is 0 Å². The maximum absolute atomic E-state index is 3.69. The molecule has 1 saturated heterocycles. The highest BCUT2D eigenvalue weighted by atomic mass is 32.2. The van der Waals surface area contributed by atoms with Gasteiger partial charge in [-0.15, -0.1) is 0 Å². The van der Waals surface area contributed by atoms with Crippen LogP contribution >= 0.6 is 11.8 Å². The lowest BCUT2D eigenvalue weighted by Crippen LogP contribution is -2.34. The first-order valence-corrected chi connectivity index (χ1v) is 7.22. The largest absolute Gasteiger partial charge is 0.313 e. The van der Waals surface area contributed by atoms with Gasteiger partial charge in [-0.25, -0.2) is 0 Å². The number of nitrogens with one attached hydrogen (secondary N) is 1. The molecule has 0 aromatic heterocycles. The van der Waals surface area contributed by atoms with Crippen LogP contribution in [0.4, 0.5) is 0 Å². The van der Waals surface area contributed by atoms with Crippen LogP contribution in [0.15, 0.2) is 24.3 Å². The topological polar surface area (TPSA) is 12.0 Å². The Hall–Kier alpha value is -0.470. The van der Waals surface area contributed by atoms with E-state index < -0.39 is 0 Å². The summed E-state index contributed by atoms with van der Waals surface area (Å²) >= 11 is 2.09. The maximum atomic E-state index is 3.69. The van der Waals surface area contributed by atoms with Crippen LogP contribution in [0.25, 0.3) is 0 Å². The predicted octanol–water partition coefficient (Wildman–Crippen LogP) is 3.02. The second kappa shape index (κ2) is 5.74. The molecule has 1 fully saturated rings. The number of benzene rings is 1. The van der Waals surface area contributed by atoms with Crippen molar-refractivity contribution in [3.63, 3.8) is 0 Å². The van der Waals surface area contributed by atoms with E-state index in [1.54, 1.807) is 0 Å². The van der Waals surface area contributed by atoms with E-state index in [1.807, 2.05) is 0 Å². The fraction of sp³-hybridized carbons (Fsp3) is 0.571. The van der Waals surface area contributed by atoms with E-state index in [1.165, 1.54) is 23.3 Å². The van der Waals surface area contributed by atoms with Gasteiger partial charge in [0.1, 0.15) is 0 Å². The van der Waals surface area contributed by atoms with Gasteiger partial charge in [0.25, 0.3) is 0 Å². The van der Waals surface area contributed by atoms with E-state index in [4.69, 9.17) is 0 Å². The lowest BCUT2D eigenvalue weighted by Gasteiger charge is -2.16. The van der Waals surface area contributed by atoms with Crippen molar-refractivity contribution in [2.75, 3.05) is 12.3 Å².